The maximum absolute atomic E-state index is 9.41. The molecule has 19 heavy (non-hydrogen) atoms. The number of fused-ring (bicyclic) bond motifs is 1. The molecule has 0 saturated heterocycles. The van der Waals surface area contributed by atoms with Crippen LogP contribution < -0.4 is 0 Å². The number of allylic oxidation sites excluding steroid dienone is 1. The van der Waals surface area contributed by atoms with Crippen LogP contribution in [-0.2, 0) is 0 Å². The lowest BCUT2D eigenvalue weighted by molar-refractivity contribution is 0.182. The molecule has 2 aromatic carbocycles. The molecule has 1 unspecified atom stereocenters. The SMILES string of the molecule is CC(O)CCCC=Cc1ccc2cc(O)ccc2c1. The molecule has 0 spiro atoms. The molecule has 0 fully saturated rings. The van der Waals surface area contributed by atoms with Crippen LogP contribution in [0.4, 0.5) is 0 Å². The third-order valence-electron chi connectivity index (χ3n) is 3.15. The van der Waals surface area contributed by atoms with E-state index in [-0.39, 0.29) is 6.10 Å². The van der Waals surface area contributed by atoms with Gasteiger partial charge in [0.1, 0.15) is 5.75 Å². The van der Waals surface area contributed by atoms with Crippen LogP contribution in [-0.4, -0.2) is 16.3 Å². The zero-order chi connectivity index (χ0) is 13.7. The van der Waals surface area contributed by atoms with Crippen LogP contribution in [0.1, 0.15) is 31.7 Å². The summed E-state index contributed by atoms with van der Waals surface area (Å²) in [6, 6.07) is 11.6. The molecule has 0 aromatic heterocycles. The smallest absolute Gasteiger partial charge is 0.116 e. The highest BCUT2D eigenvalue weighted by atomic mass is 16.3. The Balaban J connectivity index is 2.01. The summed E-state index contributed by atoms with van der Waals surface area (Å²) in [6.45, 7) is 1.82. The first kappa shape index (κ1) is 13.6. The lowest BCUT2D eigenvalue weighted by atomic mass is 10.1. The fraction of sp³-hybridized carbons (Fsp3) is 0.294. The Labute approximate surface area is 114 Å². The lowest BCUT2D eigenvalue weighted by Crippen LogP contribution is -1.97. The van der Waals surface area contributed by atoms with E-state index in [4.69, 9.17) is 5.11 Å². The predicted molar refractivity (Wildman–Crippen MR) is 80.2 cm³/mol. The van der Waals surface area contributed by atoms with Crippen LogP contribution in [0.2, 0.25) is 0 Å². The van der Waals surface area contributed by atoms with Crippen LogP contribution in [0.15, 0.2) is 42.5 Å². The second-order valence-corrected chi connectivity index (χ2v) is 4.97. The molecule has 0 aliphatic heterocycles. The number of aliphatic hydroxyl groups excluding tert-OH is 1. The highest BCUT2D eigenvalue weighted by Gasteiger charge is 1.96. The quantitative estimate of drug-likeness (QED) is 0.790. The number of unbranched alkanes of at least 4 members (excludes halogenated alkanes) is 1. The molecular weight excluding hydrogens is 236 g/mol. The van der Waals surface area contributed by atoms with Crippen LogP contribution in [0.3, 0.4) is 0 Å². The van der Waals surface area contributed by atoms with E-state index in [2.05, 4.69) is 18.2 Å². The fourth-order valence-corrected chi connectivity index (χ4v) is 2.11. The Morgan fingerprint density at radius 2 is 1.84 bits per heavy atom. The van der Waals surface area contributed by atoms with Crippen molar-refractivity contribution in [1.29, 1.82) is 0 Å². The number of rotatable bonds is 5. The minimum atomic E-state index is -0.207. The van der Waals surface area contributed by atoms with Crippen molar-refractivity contribution in [2.45, 2.75) is 32.3 Å². The van der Waals surface area contributed by atoms with Gasteiger partial charge in [0.05, 0.1) is 6.10 Å². The van der Waals surface area contributed by atoms with Crippen molar-refractivity contribution in [2.24, 2.45) is 0 Å². The summed E-state index contributed by atoms with van der Waals surface area (Å²) in [5, 5.41) is 20.8. The molecule has 0 radical (unpaired) electrons. The standard InChI is InChI=1S/C17H20O2/c1-13(18)5-3-2-4-6-14-7-8-16-12-17(19)10-9-15(16)11-14/h4,6-13,18-19H,2-3,5H2,1H3. The molecule has 0 aliphatic carbocycles. The summed E-state index contributed by atoms with van der Waals surface area (Å²) in [5.41, 5.74) is 1.16. The minimum absolute atomic E-state index is 0.207. The average Bonchev–Trinajstić information content (AvgIpc) is 2.38. The molecule has 2 nitrogen and oxygen atoms in total. The topological polar surface area (TPSA) is 40.5 Å². The maximum atomic E-state index is 9.41. The molecule has 2 aromatic rings. The van der Waals surface area contributed by atoms with Crippen LogP contribution in [0.5, 0.6) is 5.75 Å². The third-order valence-corrected chi connectivity index (χ3v) is 3.15. The highest BCUT2D eigenvalue weighted by Crippen LogP contribution is 2.21. The molecule has 100 valence electrons. The third kappa shape index (κ3) is 4.11. The summed E-state index contributed by atoms with van der Waals surface area (Å²) in [7, 11) is 0. The van der Waals surface area contributed by atoms with E-state index in [1.54, 1.807) is 12.1 Å². The summed E-state index contributed by atoms with van der Waals surface area (Å²) in [4.78, 5) is 0. The van der Waals surface area contributed by atoms with Gasteiger partial charge in [-0.25, -0.2) is 0 Å². The molecule has 0 heterocycles. The second kappa shape index (κ2) is 6.39. The van der Waals surface area contributed by atoms with Crippen molar-refractivity contribution in [3.8, 4) is 5.75 Å². The predicted octanol–water partition coefficient (Wildman–Crippen LogP) is 4.11. The van der Waals surface area contributed by atoms with Gasteiger partial charge >= 0.3 is 0 Å². The Morgan fingerprint density at radius 3 is 2.63 bits per heavy atom. The van der Waals surface area contributed by atoms with Crippen molar-refractivity contribution >= 4 is 16.8 Å². The van der Waals surface area contributed by atoms with Crippen LogP contribution >= 0.6 is 0 Å². The van der Waals surface area contributed by atoms with Gasteiger partial charge in [0, 0.05) is 0 Å². The van der Waals surface area contributed by atoms with Crippen molar-refractivity contribution < 1.29 is 10.2 Å². The van der Waals surface area contributed by atoms with E-state index in [9.17, 15) is 5.11 Å². The van der Waals surface area contributed by atoms with Crippen molar-refractivity contribution in [2.75, 3.05) is 0 Å². The van der Waals surface area contributed by atoms with Gasteiger partial charge in [-0.15, -0.1) is 0 Å². The van der Waals surface area contributed by atoms with Gasteiger partial charge in [-0.3, -0.25) is 0 Å². The maximum Gasteiger partial charge on any atom is 0.116 e. The summed E-state index contributed by atoms with van der Waals surface area (Å²) in [5.74, 6) is 0.300. The van der Waals surface area contributed by atoms with Crippen LogP contribution in [0, 0.1) is 0 Å². The van der Waals surface area contributed by atoms with E-state index in [0.29, 0.717) is 5.75 Å². The number of hydrogen-bond acceptors (Lipinski definition) is 2. The summed E-state index contributed by atoms with van der Waals surface area (Å²) in [6.07, 6.45) is 6.88. The van der Waals surface area contributed by atoms with Crippen molar-refractivity contribution in [3.63, 3.8) is 0 Å². The molecule has 2 rings (SSSR count). The molecule has 0 aliphatic rings. The highest BCUT2D eigenvalue weighted by molar-refractivity contribution is 5.85. The van der Waals surface area contributed by atoms with Crippen LogP contribution in [0.25, 0.3) is 16.8 Å². The first-order valence-electron chi connectivity index (χ1n) is 6.72. The Morgan fingerprint density at radius 1 is 1.11 bits per heavy atom. The monoisotopic (exact) mass is 256 g/mol. The zero-order valence-corrected chi connectivity index (χ0v) is 11.2. The first-order chi connectivity index (χ1) is 9.15. The normalized spacial score (nSPS) is 13.2. The average molecular weight is 256 g/mol. The van der Waals surface area contributed by atoms with E-state index in [1.165, 1.54) is 0 Å². The van der Waals surface area contributed by atoms with E-state index in [0.717, 1.165) is 35.6 Å². The second-order valence-electron chi connectivity index (χ2n) is 4.97. The van der Waals surface area contributed by atoms with Gasteiger partial charge in [0.2, 0.25) is 0 Å². The number of aromatic hydroxyl groups is 1. The van der Waals surface area contributed by atoms with E-state index < -0.39 is 0 Å². The van der Waals surface area contributed by atoms with Gasteiger partial charge in [-0.2, -0.15) is 0 Å². The number of benzene rings is 2. The molecular formula is C17H20O2. The molecule has 2 heteroatoms. The Bertz CT molecular complexity index is 570. The number of aliphatic hydroxyl groups is 1. The summed E-state index contributed by atoms with van der Waals surface area (Å²) >= 11 is 0. The van der Waals surface area contributed by atoms with Gasteiger partial charge in [-0.1, -0.05) is 30.4 Å². The minimum Gasteiger partial charge on any atom is -0.508 e. The van der Waals surface area contributed by atoms with E-state index in [1.807, 2.05) is 25.1 Å². The number of phenolic OH excluding ortho intramolecular Hbond substituents is 1. The number of hydrogen-bond donors (Lipinski definition) is 2. The molecule has 0 saturated carbocycles. The van der Waals surface area contributed by atoms with Gasteiger partial charge in [-0.05, 0) is 60.7 Å². The Hall–Kier alpha value is -1.80. The lowest BCUT2D eigenvalue weighted by Gasteiger charge is -2.02. The van der Waals surface area contributed by atoms with Gasteiger partial charge in [0.25, 0.3) is 0 Å². The van der Waals surface area contributed by atoms with E-state index >= 15 is 0 Å². The Kier molecular flexibility index (Phi) is 4.58. The number of phenols is 1. The molecule has 2 N–H and O–H groups in total. The summed E-state index contributed by atoms with van der Waals surface area (Å²) < 4.78 is 0. The van der Waals surface area contributed by atoms with Crippen molar-refractivity contribution in [1.82, 2.24) is 0 Å². The van der Waals surface area contributed by atoms with Gasteiger partial charge < -0.3 is 10.2 Å². The first-order valence-corrected chi connectivity index (χ1v) is 6.72. The fourth-order valence-electron chi connectivity index (χ4n) is 2.11. The molecule has 0 bridgehead atoms. The van der Waals surface area contributed by atoms with Crippen molar-refractivity contribution in [3.05, 3.63) is 48.0 Å². The zero-order valence-electron chi connectivity index (χ0n) is 11.2. The largest absolute Gasteiger partial charge is 0.508 e. The molecule has 0 amide bonds. The van der Waals surface area contributed by atoms with Gasteiger partial charge in [0.15, 0.2) is 0 Å². The molecule has 1 atom stereocenters.